The highest BCUT2D eigenvalue weighted by atomic mass is 32.2. The molecule has 32 heavy (non-hydrogen) atoms. The minimum absolute atomic E-state index is 0.0689. The third-order valence-electron chi connectivity index (χ3n) is 4.78. The van der Waals surface area contributed by atoms with Crippen LogP contribution in [0.5, 0.6) is 5.75 Å². The fourth-order valence-electron chi connectivity index (χ4n) is 3.25. The SMILES string of the molecule is O=C1ON=C(c2ccccc2)C1Sc1nnc(-c2ccccc2O)n1Nc1ccccc1. The van der Waals surface area contributed by atoms with Crippen molar-refractivity contribution in [2.24, 2.45) is 5.16 Å². The van der Waals surface area contributed by atoms with E-state index in [4.69, 9.17) is 4.84 Å². The van der Waals surface area contributed by atoms with Crippen molar-refractivity contribution in [1.82, 2.24) is 14.9 Å². The van der Waals surface area contributed by atoms with Gasteiger partial charge in [0.15, 0.2) is 11.1 Å². The number of phenols is 1. The number of anilines is 1. The molecule has 0 saturated heterocycles. The van der Waals surface area contributed by atoms with Crippen LogP contribution in [0.2, 0.25) is 0 Å². The number of rotatable bonds is 6. The van der Waals surface area contributed by atoms with E-state index in [1.54, 1.807) is 28.9 Å². The molecule has 1 aliphatic heterocycles. The highest BCUT2D eigenvalue weighted by molar-refractivity contribution is 8.01. The lowest BCUT2D eigenvalue weighted by atomic mass is 10.1. The lowest BCUT2D eigenvalue weighted by molar-refractivity contribution is -0.139. The maximum Gasteiger partial charge on any atom is 0.354 e. The summed E-state index contributed by atoms with van der Waals surface area (Å²) in [4.78, 5) is 17.5. The van der Waals surface area contributed by atoms with Crippen molar-refractivity contribution < 1.29 is 14.7 Å². The minimum atomic E-state index is -0.713. The van der Waals surface area contributed by atoms with Crippen molar-refractivity contribution in [2.75, 3.05) is 5.43 Å². The number of carbonyl (C=O) groups excluding carboxylic acids is 1. The molecule has 2 heterocycles. The van der Waals surface area contributed by atoms with Gasteiger partial charge < -0.3 is 9.94 Å². The first-order chi connectivity index (χ1) is 15.7. The largest absolute Gasteiger partial charge is 0.507 e. The Bertz CT molecular complexity index is 1290. The zero-order valence-electron chi connectivity index (χ0n) is 16.6. The third kappa shape index (κ3) is 3.81. The predicted molar refractivity (Wildman–Crippen MR) is 121 cm³/mol. The van der Waals surface area contributed by atoms with E-state index in [0.717, 1.165) is 11.3 Å². The van der Waals surface area contributed by atoms with Crippen LogP contribution in [-0.4, -0.2) is 36.9 Å². The second-order valence-electron chi connectivity index (χ2n) is 6.89. The molecule has 3 aromatic carbocycles. The van der Waals surface area contributed by atoms with Crippen molar-refractivity contribution in [1.29, 1.82) is 0 Å². The minimum Gasteiger partial charge on any atom is -0.507 e. The maximum atomic E-state index is 12.5. The quantitative estimate of drug-likeness (QED) is 0.435. The summed E-state index contributed by atoms with van der Waals surface area (Å²) >= 11 is 1.17. The molecule has 2 N–H and O–H groups in total. The second-order valence-corrected chi connectivity index (χ2v) is 7.96. The first-order valence-corrected chi connectivity index (χ1v) is 10.7. The average molecular weight is 443 g/mol. The topological polar surface area (TPSA) is 102 Å². The summed E-state index contributed by atoms with van der Waals surface area (Å²) in [5.41, 5.74) is 5.85. The summed E-state index contributed by atoms with van der Waals surface area (Å²) in [6.07, 6.45) is 0. The Hall–Kier alpha value is -4.11. The van der Waals surface area contributed by atoms with Gasteiger partial charge in [0.2, 0.25) is 5.16 Å². The van der Waals surface area contributed by atoms with Gasteiger partial charge in [0, 0.05) is 5.56 Å². The van der Waals surface area contributed by atoms with Gasteiger partial charge in [-0.05, 0) is 24.3 Å². The first-order valence-electron chi connectivity index (χ1n) is 9.77. The molecule has 9 heteroatoms. The predicted octanol–water partition coefficient (Wildman–Crippen LogP) is 3.95. The molecule has 0 saturated carbocycles. The lowest BCUT2D eigenvalue weighted by Gasteiger charge is -2.14. The molecule has 158 valence electrons. The fraction of sp³-hybridized carbons (Fsp3) is 0.0435. The number of hydrogen-bond donors (Lipinski definition) is 2. The molecule has 1 atom stereocenters. The summed E-state index contributed by atoms with van der Waals surface area (Å²) in [6, 6.07) is 25.7. The van der Waals surface area contributed by atoms with Crippen LogP contribution in [0.1, 0.15) is 5.56 Å². The van der Waals surface area contributed by atoms with Gasteiger partial charge in [0.25, 0.3) is 0 Å². The Balaban J connectivity index is 1.54. The first kappa shape index (κ1) is 19.8. The average Bonchev–Trinajstić information content (AvgIpc) is 3.39. The maximum absolute atomic E-state index is 12.5. The fourth-order valence-corrected chi connectivity index (χ4v) is 4.22. The summed E-state index contributed by atoms with van der Waals surface area (Å²) < 4.78 is 1.64. The van der Waals surface area contributed by atoms with Crippen molar-refractivity contribution in [3.63, 3.8) is 0 Å². The highest BCUT2D eigenvalue weighted by Gasteiger charge is 2.36. The smallest absolute Gasteiger partial charge is 0.354 e. The summed E-state index contributed by atoms with van der Waals surface area (Å²) in [5, 5.41) is 22.6. The Morgan fingerprint density at radius 2 is 1.59 bits per heavy atom. The zero-order chi connectivity index (χ0) is 21.9. The van der Waals surface area contributed by atoms with Crippen molar-refractivity contribution in [3.8, 4) is 17.1 Å². The summed E-state index contributed by atoms with van der Waals surface area (Å²) in [6.45, 7) is 0. The molecular formula is C23H17N5O3S. The Morgan fingerprint density at radius 3 is 2.34 bits per heavy atom. The van der Waals surface area contributed by atoms with E-state index < -0.39 is 11.2 Å². The van der Waals surface area contributed by atoms with Crippen LogP contribution in [0.15, 0.2) is 95.2 Å². The number of nitrogens with one attached hydrogen (secondary N) is 1. The van der Waals surface area contributed by atoms with Gasteiger partial charge in [0.05, 0.1) is 11.3 Å². The molecule has 1 aromatic heterocycles. The molecule has 1 unspecified atom stereocenters. The lowest BCUT2D eigenvalue weighted by Crippen LogP contribution is -2.23. The van der Waals surface area contributed by atoms with Crippen molar-refractivity contribution in [2.45, 2.75) is 10.4 Å². The number of hydrogen-bond acceptors (Lipinski definition) is 8. The molecule has 0 aliphatic carbocycles. The molecule has 1 aliphatic rings. The Morgan fingerprint density at radius 1 is 0.906 bits per heavy atom. The standard InChI is InChI=1S/C23H17N5O3S/c29-18-14-8-7-13-17(18)21-24-25-23(28(21)26-16-11-5-2-6-12-16)32-20-19(27-31-22(20)30)15-9-3-1-4-10-15/h1-14,20,26,29H. The number of nitrogens with zero attached hydrogens (tertiary/aromatic N) is 4. The van der Waals surface area contributed by atoms with Crippen LogP contribution in [0.3, 0.4) is 0 Å². The number of aromatic hydroxyl groups is 1. The molecule has 0 fully saturated rings. The molecular weight excluding hydrogens is 426 g/mol. The van der Waals surface area contributed by atoms with Gasteiger partial charge in [-0.15, -0.1) is 10.2 Å². The molecule has 0 bridgehead atoms. The van der Waals surface area contributed by atoms with Crippen LogP contribution in [0, 0.1) is 0 Å². The van der Waals surface area contributed by atoms with Crippen molar-refractivity contribution >= 4 is 29.1 Å². The monoisotopic (exact) mass is 443 g/mol. The zero-order valence-corrected chi connectivity index (χ0v) is 17.4. The van der Waals surface area contributed by atoms with Gasteiger partial charge >= 0.3 is 5.97 Å². The number of aromatic nitrogens is 3. The van der Waals surface area contributed by atoms with E-state index in [-0.39, 0.29) is 5.75 Å². The number of benzene rings is 3. The van der Waals surface area contributed by atoms with Gasteiger partial charge in [0.1, 0.15) is 11.5 Å². The number of carbonyl (C=O) groups is 1. The summed E-state index contributed by atoms with van der Waals surface area (Å²) in [7, 11) is 0. The number of phenolic OH excluding ortho intramolecular Hbond substituents is 1. The Labute approximate surface area is 187 Å². The number of para-hydroxylation sites is 2. The van der Waals surface area contributed by atoms with Crippen molar-refractivity contribution in [3.05, 3.63) is 90.5 Å². The summed E-state index contributed by atoms with van der Waals surface area (Å²) in [5.74, 6) is -0.00869. The van der Waals surface area contributed by atoms with E-state index in [1.165, 1.54) is 11.8 Å². The van der Waals surface area contributed by atoms with E-state index in [0.29, 0.717) is 22.3 Å². The van der Waals surface area contributed by atoms with Crippen LogP contribution in [0.25, 0.3) is 11.4 Å². The van der Waals surface area contributed by atoms with E-state index >= 15 is 0 Å². The van der Waals surface area contributed by atoms with Crippen LogP contribution in [0.4, 0.5) is 5.69 Å². The number of thioether (sulfide) groups is 1. The number of oxime groups is 1. The van der Waals surface area contributed by atoms with Gasteiger partial charge in [-0.2, -0.15) is 0 Å². The second kappa shape index (κ2) is 8.56. The Kier molecular flexibility index (Phi) is 5.30. The van der Waals surface area contributed by atoms with Crippen LogP contribution < -0.4 is 5.43 Å². The van der Waals surface area contributed by atoms with Gasteiger partial charge in [-0.25, -0.2) is 9.47 Å². The molecule has 0 spiro atoms. The van der Waals surface area contributed by atoms with E-state index in [9.17, 15) is 9.90 Å². The molecule has 0 amide bonds. The molecule has 5 rings (SSSR count). The highest BCUT2D eigenvalue weighted by Crippen LogP contribution is 2.34. The van der Waals surface area contributed by atoms with Crippen LogP contribution in [-0.2, 0) is 9.63 Å². The van der Waals surface area contributed by atoms with E-state index in [1.807, 2.05) is 60.7 Å². The third-order valence-corrected chi connectivity index (χ3v) is 5.91. The molecule has 8 nitrogen and oxygen atoms in total. The van der Waals surface area contributed by atoms with Gasteiger partial charge in [-0.1, -0.05) is 77.6 Å². The van der Waals surface area contributed by atoms with E-state index in [2.05, 4.69) is 20.8 Å². The molecule has 0 radical (unpaired) electrons. The normalized spacial score (nSPS) is 15.3. The molecule has 4 aromatic rings. The van der Waals surface area contributed by atoms with Gasteiger partial charge in [-0.3, -0.25) is 5.43 Å². The van der Waals surface area contributed by atoms with Crippen LogP contribution >= 0.6 is 11.8 Å².